The van der Waals surface area contributed by atoms with Crippen LogP contribution in [0.15, 0.2) is 79.4 Å². The number of hydrogen-bond donors (Lipinski definition) is 0. The van der Waals surface area contributed by atoms with Gasteiger partial charge in [0, 0.05) is 0 Å². The number of benzene rings is 3. The summed E-state index contributed by atoms with van der Waals surface area (Å²) < 4.78 is 0. The molecule has 0 fully saturated rings. The summed E-state index contributed by atoms with van der Waals surface area (Å²) in [7, 11) is 0. The Bertz CT molecular complexity index is 1140. The molecule has 0 bridgehead atoms. The number of hydrogen-bond acceptors (Lipinski definition) is 1. The molecule has 1 aliphatic carbocycles. The second kappa shape index (κ2) is 15.2. The molecule has 0 N–H and O–H groups in total. The van der Waals surface area contributed by atoms with E-state index in [-0.39, 0.29) is 0 Å². The summed E-state index contributed by atoms with van der Waals surface area (Å²) in [6.45, 7) is 11.2. The average Bonchev–Trinajstić information content (AvgIpc) is 2.94. The number of nitriles is 1. The second-order valence-electron chi connectivity index (χ2n) is 10.5. The molecule has 1 heteroatoms. The first kappa shape index (κ1) is 28.5. The molecule has 0 spiro atoms. The van der Waals surface area contributed by atoms with Crippen molar-refractivity contribution in [1.82, 2.24) is 0 Å². The Morgan fingerprint density at radius 3 is 2.24 bits per heavy atom. The van der Waals surface area contributed by atoms with Gasteiger partial charge in [-0.05, 0) is 96.2 Å². The monoisotopic (exact) mass is 491 g/mol. The van der Waals surface area contributed by atoms with Crippen LogP contribution >= 0.6 is 0 Å². The molecule has 1 unspecified atom stereocenters. The number of rotatable bonds is 10. The molecular weight excluding hydrogens is 446 g/mol. The van der Waals surface area contributed by atoms with Gasteiger partial charge in [-0.3, -0.25) is 0 Å². The van der Waals surface area contributed by atoms with Gasteiger partial charge in [0.1, 0.15) is 0 Å². The highest BCUT2D eigenvalue weighted by molar-refractivity contribution is 5.70. The molecule has 0 saturated carbocycles. The first-order valence-corrected chi connectivity index (χ1v) is 14.4. The fourth-order valence-corrected chi connectivity index (χ4v) is 5.74. The van der Waals surface area contributed by atoms with Gasteiger partial charge in [0.25, 0.3) is 0 Å². The summed E-state index contributed by atoms with van der Waals surface area (Å²) in [5, 5.41) is 9.21. The fourth-order valence-electron chi connectivity index (χ4n) is 5.74. The van der Waals surface area contributed by atoms with Gasteiger partial charge in [-0.25, -0.2) is 0 Å². The normalized spacial score (nSPS) is 14.5. The first-order valence-electron chi connectivity index (χ1n) is 14.4. The Kier molecular flexibility index (Phi) is 11.7. The van der Waals surface area contributed by atoms with Gasteiger partial charge in [0.2, 0.25) is 0 Å². The summed E-state index contributed by atoms with van der Waals surface area (Å²) in [4.78, 5) is 0. The highest BCUT2D eigenvalue weighted by Crippen LogP contribution is 2.37. The van der Waals surface area contributed by atoms with Gasteiger partial charge in [0.05, 0.1) is 11.6 Å². The number of allylic oxidation sites excluding steroid dienone is 1. The van der Waals surface area contributed by atoms with Crippen molar-refractivity contribution in [1.29, 1.82) is 5.26 Å². The molecule has 0 radical (unpaired) electrons. The van der Waals surface area contributed by atoms with Crippen LogP contribution in [0.25, 0.3) is 5.57 Å². The van der Waals surface area contributed by atoms with Crippen LogP contribution in [0.5, 0.6) is 0 Å². The van der Waals surface area contributed by atoms with Crippen LogP contribution in [-0.4, -0.2) is 0 Å². The fraction of sp³-hybridized carbons (Fsp3) is 0.417. The summed E-state index contributed by atoms with van der Waals surface area (Å²) in [6.07, 6.45) is 12.0. The lowest BCUT2D eigenvalue weighted by Crippen LogP contribution is -2.13. The highest BCUT2D eigenvalue weighted by Gasteiger charge is 2.21. The highest BCUT2D eigenvalue weighted by atomic mass is 14.3. The van der Waals surface area contributed by atoms with E-state index >= 15 is 0 Å². The molecule has 194 valence electrons. The second-order valence-corrected chi connectivity index (χ2v) is 10.5. The zero-order valence-electron chi connectivity index (χ0n) is 23.3. The molecule has 4 rings (SSSR count). The molecule has 1 atom stereocenters. The van der Waals surface area contributed by atoms with Crippen molar-refractivity contribution in [2.45, 2.75) is 90.9 Å². The molecular formula is C36H45N. The lowest BCUT2D eigenvalue weighted by Gasteiger charge is -2.27. The van der Waals surface area contributed by atoms with Crippen molar-refractivity contribution in [2.75, 3.05) is 0 Å². The average molecular weight is 492 g/mol. The third kappa shape index (κ3) is 8.19. The molecule has 3 aromatic carbocycles. The third-order valence-corrected chi connectivity index (χ3v) is 7.77. The molecule has 1 aliphatic rings. The topological polar surface area (TPSA) is 23.8 Å². The van der Waals surface area contributed by atoms with Crippen molar-refractivity contribution in [3.8, 4) is 6.07 Å². The van der Waals surface area contributed by atoms with Crippen molar-refractivity contribution in [3.05, 3.63) is 113 Å². The Labute approximate surface area is 226 Å². The van der Waals surface area contributed by atoms with Gasteiger partial charge in [-0.2, -0.15) is 5.26 Å². The predicted molar refractivity (Wildman–Crippen MR) is 160 cm³/mol. The van der Waals surface area contributed by atoms with Gasteiger partial charge >= 0.3 is 0 Å². The van der Waals surface area contributed by atoms with E-state index < -0.39 is 0 Å². The number of nitrogens with zero attached hydrogens (tertiary/aromatic N) is 1. The maximum atomic E-state index is 9.21. The predicted octanol–water partition coefficient (Wildman–Crippen LogP) is 10.1. The van der Waals surface area contributed by atoms with E-state index in [4.69, 9.17) is 0 Å². The quantitative estimate of drug-likeness (QED) is 0.277. The van der Waals surface area contributed by atoms with Gasteiger partial charge in [-0.1, -0.05) is 113 Å². The Morgan fingerprint density at radius 2 is 1.57 bits per heavy atom. The minimum absolute atomic E-state index is 0.663. The van der Waals surface area contributed by atoms with E-state index in [2.05, 4.69) is 88.0 Å². The summed E-state index contributed by atoms with van der Waals surface area (Å²) in [5.74, 6) is 1.45. The standard InChI is InChI=1S/C23H25N.C13H20/c1-3-6-19-12-13-21-15-18(10-14-23(21)17(19)2)9-11-20-7-4-5-8-22(20)16-24;1-3-8-12(9-4-2)13-10-6-5-7-11-13/h4-5,7-8,10,14-15,19H,2-3,6,9,11-13H2,1H3;5-7,10-12H,3-4,8-9H2,1-2H3. The molecule has 0 saturated heterocycles. The number of fused-ring (bicyclic) bond motifs is 1. The molecule has 3 aromatic rings. The van der Waals surface area contributed by atoms with E-state index in [1.54, 1.807) is 0 Å². The lowest BCUT2D eigenvalue weighted by molar-refractivity contribution is 0.539. The van der Waals surface area contributed by atoms with Crippen LogP contribution in [0.2, 0.25) is 0 Å². The summed E-state index contributed by atoms with van der Waals surface area (Å²) in [5.41, 5.74) is 8.99. The van der Waals surface area contributed by atoms with E-state index in [1.807, 2.05) is 18.2 Å². The molecule has 0 heterocycles. The zero-order valence-corrected chi connectivity index (χ0v) is 23.3. The minimum Gasteiger partial charge on any atom is -0.192 e. The van der Waals surface area contributed by atoms with Crippen LogP contribution in [-0.2, 0) is 19.3 Å². The summed E-state index contributed by atoms with van der Waals surface area (Å²) >= 11 is 0. The van der Waals surface area contributed by atoms with Crippen LogP contribution in [0.4, 0.5) is 0 Å². The van der Waals surface area contributed by atoms with E-state index in [0.717, 1.165) is 29.9 Å². The maximum absolute atomic E-state index is 9.21. The van der Waals surface area contributed by atoms with Crippen LogP contribution in [0.3, 0.4) is 0 Å². The zero-order chi connectivity index (χ0) is 26.5. The smallest absolute Gasteiger partial charge is 0.0994 e. The van der Waals surface area contributed by atoms with E-state index in [1.165, 1.54) is 79.2 Å². The Balaban J connectivity index is 0.000000248. The minimum atomic E-state index is 0.663. The van der Waals surface area contributed by atoms with Gasteiger partial charge in [-0.15, -0.1) is 0 Å². The molecule has 37 heavy (non-hydrogen) atoms. The van der Waals surface area contributed by atoms with Crippen molar-refractivity contribution < 1.29 is 0 Å². The molecule has 0 aliphatic heterocycles. The molecule has 0 amide bonds. The van der Waals surface area contributed by atoms with Crippen molar-refractivity contribution >= 4 is 5.57 Å². The van der Waals surface area contributed by atoms with Gasteiger partial charge in [0.15, 0.2) is 0 Å². The lowest BCUT2D eigenvalue weighted by atomic mass is 9.77. The van der Waals surface area contributed by atoms with Crippen molar-refractivity contribution in [3.63, 3.8) is 0 Å². The van der Waals surface area contributed by atoms with Crippen LogP contribution in [0.1, 0.15) is 105 Å². The Morgan fingerprint density at radius 1 is 0.865 bits per heavy atom. The summed E-state index contributed by atoms with van der Waals surface area (Å²) in [6, 6.07) is 28.0. The maximum Gasteiger partial charge on any atom is 0.0994 e. The largest absolute Gasteiger partial charge is 0.192 e. The van der Waals surface area contributed by atoms with Gasteiger partial charge < -0.3 is 0 Å². The SMILES string of the molecule is C=C1c2ccc(CCc3ccccc3C#N)cc2CCC1CCC.CCCC(CCC)c1ccccc1. The van der Waals surface area contributed by atoms with Crippen LogP contribution in [0, 0.1) is 17.2 Å². The Hall–Kier alpha value is -3.11. The molecule has 0 aromatic heterocycles. The van der Waals surface area contributed by atoms with E-state index in [9.17, 15) is 5.26 Å². The van der Waals surface area contributed by atoms with Crippen LogP contribution < -0.4 is 0 Å². The van der Waals surface area contributed by atoms with Crippen molar-refractivity contribution in [2.24, 2.45) is 5.92 Å². The first-order chi connectivity index (χ1) is 18.1. The third-order valence-electron chi connectivity index (χ3n) is 7.77. The molecule has 1 nitrogen and oxygen atoms in total. The van der Waals surface area contributed by atoms with E-state index in [0.29, 0.717) is 5.92 Å². The number of aryl methyl sites for hydroxylation is 3.